The fraction of sp³-hybridized carbons (Fsp3) is 0.200. The summed E-state index contributed by atoms with van der Waals surface area (Å²) in [6.07, 6.45) is 3.78. The molecule has 2 aromatic carbocycles. The van der Waals surface area contributed by atoms with E-state index in [1.54, 1.807) is 23.3 Å². The van der Waals surface area contributed by atoms with E-state index in [0.29, 0.717) is 18.5 Å². The third kappa shape index (κ3) is 3.44. The van der Waals surface area contributed by atoms with E-state index in [-0.39, 0.29) is 5.91 Å². The predicted octanol–water partition coefficient (Wildman–Crippen LogP) is 2.73. The number of para-hydroxylation sites is 1. The van der Waals surface area contributed by atoms with Crippen LogP contribution in [0.5, 0.6) is 0 Å². The van der Waals surface area contributed by atoms with Crippen molar-refractivity contribution < 1.29 is 4.79 Å². The number of aromatic nitrogens is 5. The van der Waals surface area contributed by atoms with E-state index in [1.807, 2.05) is 18.2 Å². The lowest BCUT2D eigenvalue weighted by atomic mass is 10.1. The number of hydrogen-bond donors (Lipinski definition) is 2. The minimum absolute atomic E-state index is 0.137. The van der Waals surface area contributed by atoms with Crippen LogP contribution in [0.2, 0.25) is 0 Å². The Hall–Kier alpha value is -3.48. The second kappa shape index (κ2) is 7.03. The number of hydrogen-bond acceptors (Lipinski definition) is 4. The van der Waals surface area contributed by atoms with E-state index in [4.69, 9.17) is 0 Å². The topological polar surface area (TPSA) is 88.5 Å². The van der Waals surface area contributed by atoms with Crippen LogP contribution in [0.15, 0.2) is 49.1 Å². The highest BCUT2D eigenvalue weighted by molar-refractivity contribution is 5.97. The van der Waals surface area contributed by atoms with Crippen LogP contribution in [0.25, 0.3) is 16.7 Å². The van der Waals surface area contributed by atoms with Crippen molar-refractivity contribution in [2.45, 2.75) is 20.3 Å². The first kappa shape index (κ1) is 17.0. The first-order valence-electron chi connectivity index (χ1n) is 8.80. The van der Waals surface area contributed by atoms with E-state index in [9.17, 15) is 4.79 Å². The molecule has 0 aliphatic carbocycles. The first-order chi connectivity index (χ1) is 13.1. The minimum atomic E-state index is -0.137. The lowest BCUT2D eigenvalue weighted by Gasteiger charge is -2.09. The van der Waals surface area contributed by atoms with Gasteiger partial charge in [-0.05, 0) is 49.2 Å². The molecule has 2 heterocycles. The molecule has 136 valence electrons. The minimum Gasteiger partial charge on any atom is -0.352 e. The smallest absolute Gasteiger partial charge is 0.253 e. The molecule has 7 heteroatoms. The highest BCUT2D eigenvalue weighted by Gasteiger charge is 2.12. The van der Waals surface area contributed by atoms with Gasteiger partial charge in [0.1, 0.15) is 18.5 Å². The Bertz CT molecular complexity index is 1060. The number of imidazole rings is 1. The number of nitrogens with one attached hydrogen (secondary N) is 2. The molecule has 0 spiro atoms. The molecule has 0 atom stereocenters. The van der Waals surface area contributed by atoms with Crippen LogP contribution in [-0.2, 0) is 6.42 Å². The maximum Gasteiger partial charge on any atom is 0.253 e. The van der Waals surface area contributed by atoms with Gasteiger partial charge in [-0.2, -0.15) is 0 Å². The van der Waals surface area contributed by atoms with E-state index in [1.165, 1.54) is 11.1 Å². The standard InChI is InChI=1S/C20H20N6O/c1-13-9-16-17(10-14(13)2)25-19(24-16)7-8-21-20(27)15-5-3-4-6-18(15)26-11-22-23-12-26/h3-6,9-12H,7-8H2,1-2H3,(H,21,27)(H,24,25). The van der Waals surface area contributed by atoms with E-state index < -0.39 is 0 Å². The first-order valence-corrected chi connectivity index (χ1v) is 8.80. The largest absolute Gasteiger partial charge is 0.352 e. The van der Waals surface area contributed by atoms with Gasteiger partial charge >= 0.3 is 0 Å². The third-order valence-electron chi connectivity index (χ3n) is 4.64. The average Bonchev–Trinajstić information content (AvgIpc) is 3.32. The van der Waals surface area contributed by atoms with Gasteiger partial charge in [0.2, 0.25) is 0 Å². The molecule has 0 unspecified atom stereocenters. The molecule has 7 nitrogen and oxygen atoms in total. The molecule has 4 rings (SSSR count). The normalized spacial score (nSPS) is 11.0. The van der Waals surface area contributed by atoms with E-state index in [2.05, 4.69) is 51.5 Å². The van der Waals surface area contributed by atoms with Gasteiger partial charge in [0.15, 0.2) is 0 Å². The molecule has 0 aliphatic rings. The van der Waals surface area contributed by atoms with E-state index >= 15 is 0 Å². The lowest BCUT2D eigenvalue weighted by Crippen LogP contribution is -2.27. The summed E-state index contributed by atoms with van der Waals surface area (Å²) in [6.45, 7) is 4.66. The van der Waals surface area contributed by atoms with Crippen LogP contribution in [0.1, 0.15) is 27.3 Å². The zero-order chi connectivity index (χ0) is 18.8. The van der Waals surface area contributed by atoms with Crippen molar-refractivity contribution in [1.29, 1.82) is 0 Å². The van der Waals surface area contributed by atoms with Crippen molar-refractivity contribution in [3.05, 3.63) is 71.6 Å². The molecule has 1 amide bonds. The summed E-state index contributed by atoms with van der Waals surface area (Å²) in [5.74, 6) is 0.726. The van der Waals surface area contributed by atoms with Crippen LogP contribution < -0.4 is 5.32 Å². The van der Waals surface area contributed by atoms with Crippen molar-refractivity contribution in [2.24, 2.45) is 0 Å². The number of carbonyl (C=O) groups excluding carboxylic acids is 1. The van der Waals surface area contributed by atoms with Gasteiger partial charge < -0.3 is 10.3 Å². The molecule has 2 N–H and O–H groups in total. The summed E-state index contributed by atoms with van der Waals surface area (Å²) >= 11 is 0. The Balaban J connectivity index is 1.45. The van der Waals surface area contributed by atoms with Gasteiger partial charge in [0, 0.05) is 13.0 Å². The molecule has 0 aliphatic heterocycles. The zero-order valence-corrected chi connectivity index (χ0v) is 15.2. The Morgan fingerprint density at radius 3 is 2.67 bits per heavy atom. The Morgan fingerprint density at radius 2 is 1.85 bits per heavy atom. The number of aromatic amines is 1. The molecule has 0 saturated carbocycles. The fourth-order valence-corrected chi connectivity index (χ4v) is 3.05. The van der Waals surface area contributed by atoms with Gasteiger partial charge in [-0.25, -0.2) is 4.98 Å². The molecule has 0 fully saturated rings. The highest BCUT2D eigenvalue weighted by atomic mass is 16.1. The van der Waals surface area contributed by atoms with Crippen LogP contribution in [0.3, 0.4) is 0 Å². The molecule has 27 heavy (non-hydrogen) atoms. The molecule has 0 saturated heterocycles. The highest BCUT2D eigenvalue weighted by Crippen LogP contribution is 2.17. The number of amides is 1. The van der Waals surface area contributed by atoms with Crippen LogP contribution in [0.4, 0.5) is 0 Å². The number of aryl methyl sites for hydroxylation is 2. The van der Waals surface area contributed by atoms with Crippen molar-refractivity contribution in [3.8, 4) is 5.69 Å². The molecule has 0 bridgehead atoms. The molecule has 2 aromatic heterocycles. The summed E-state index contributed by atoms with van der Waals surface area (Å²) < 4.78 is 1.72. The van der Waals surface area contributed by atoms with Crippen molar-refractivity contribution in [3.63, 3.8) is 0 Å². The maximum absolute atomic E-state index is 12.6. The molecule has 4 aromatic rings. The molecular weight excluding hydrogens is 340 g/mol. The SMILES string of the molecule is Cc1cc2nc(CCNC(=O)c3ccccc3-n3cnnc3)[nH]c2cc1C. The Morgan fingerprint density at radius 1 is 1.11 bits per heavy atom. The number of H-pyrrole nitrogens is 1. The number of carbonyl (C=O) groups is 1. The second-order valence-corrected chi connectivity index (χ2v) is 6.53. The number of fused-ring (bicyclic) bond motifs is 1. The lowest BCUT2D eigenvalue weighted by molar-refractivity contribution is 0.0954. The summed E-state index contributed by atoms with van der Waals surface area (Å²) in [7, 11) is 0. The predicted molar refractivity (Wildman–Crippen MR) is 103 cm³/mol. The van der Waals surface area contributed by atoms with Gasteiger partial charge in [0.25, 0.3) is 5.91 Å². The summed E-state index contributed by atoms with van der Waals surface area (Å²) in [6, 6.07) is 11.6. The molecule has 0 radical (unpaired) electrons. The van der Waals surface area contributed by atoms with E-state index in [0.717, 1.165) is 22.5 Å². The quantitative estimate of drug-likeness (QED) is 0.573. The average molecular weight is 360 g/mol. The molecular formula is C20H20N6O. The number of nitrogens with zero attached hydrogens (tertiary/aromatic N) is 4. The van der Waals surface area contributed by atoms with Crippen LogP contribution in [-0.4, -0.2) is 37.2 Å². The van der Waals surface area contributed by atoms with Gasteiger partial charge in [0.05, 0.1) is 22.3 Å². The Kier molecular flexibility index (Phi) is 4.42. The maximum atomic E-state index is 12.6. The monoisotopic (exact) mass is 360 g/mol. The van der Waals surface area contributed by atoms with Gasteiger partial charge in [-0.1, -0.05) is 12.1 Å². The summed E-state index contributed by atoms with van der Waals surface area (Å²) in [5.41, 5.74) is 5.76. The van der Waals surface area contributed by atoms with Gasteiger partial charge in [-0.3, -0.25) is 9.36 Å². The van der Waals surface area contributed by atoms with Crippen LogP contribution >= 0.6 is 0 Å². The van der Waals surface area contributed by atoms with Crippen molar-refractivity contribution in [2.75, 3.05) is 6.54 Å². The third-order valence-corrected chi connectivity index (χ3v) is 4.64. The fourth-order valence-electron chi connectivity index (χ4n) is 3.05. The summed E-state index contributed by atoms with van der Waals surface area (Å²) in [4.78, 5) is 20.6. The zero-order valence-electron chi connectivity index (χ0n) is 15.2. The second-order valence-electron chi connectivity index (χ2n) is 6.53. The summed E-state index contributed by atoms with van der Waals surface area (Å²) in [5, 5.41) is 10.6. The van der Waals surface area contributed by atoms with Gasteiger partial charge in [-0.15, -0.1) is 10.2 Å². The van der Waals surface area contributed by atoms with Crippen molar-refractivity contribution >= 4 is 16.9 Å². The Labute approximate surface area is 156 Å². The number of rotatable bonds is 5. The van der Waals surface area contributed by atoms with Crippen LogP contribution in [0, 0.1) is 13.8 Å². The van der Waals surface area contributed by atoms with Crippen molar-refractivity contribution in [1.82, 2.24) is 30.0 Å². The number of benzene rings is 2.